The number of carbonyl (C=O) groups excluding carboxylic acids is 7. The minimum atomic E-state index is -0.903. The maximum Gasteiger partial charge on any atom is 0.338 e. The molecule has 0 saturated carbocycles. The van der Waals surface area contributed by atoms with Crippen LogP contribution in [-0.4, -0.2) is 91.8 Å². The maximum atomic E-state index is 12.6. The lowest BCUT2D eigenvalue weighted by Gasteiger charge is -2.17. The zero-order chi connectivity index (χ0) is 45.6. The van der Waals surface area contributed by atoms with Crippen molar-refractivity contribution >= 4 is 47.6 Å². The number of carbonyl (C=O) groups is 8. The molecule has 0 aliphatic carbocycles. The molecule has 15 nitrogen and oxygen atoms in total. The van der Waals surface area contributed by atoms with Crippen LogP contribution in [0.25, 0.3) is 0 Å². The number of hydrogen-bond donors (Lipinski definition) is 1. The smallest absolute Gasteiger partial charge is 0.338 e. The van der Waals surface area contributed by atoms with Crippen molar-refractivity contribution in [3.63, 3.8) is 0 Å². The molecule has 348 valence electrons. The van der Waals surface area contributed by atoms with Crippen molar-refractivity contribution in [2.45, 2.75) is 168 Å². The van der Waals surface area contributed by atoms with E-state index in [-0.39, 0.29) is 95.3 Å². The fraction of sp³-hybridized carbons (Fsp3) is 0.660. The van der Waals surface area contributed by atoms with Gasteiger partial charge in [-0.3, -0.25) is 33.6 Å². The van der Waals surface area contributed by atoms with Gasteiger partial charge in [0.25, 0.3) is 0 Å². The van der Waals surface area contributed by atoms with Crippen LogP contribution in [0.2, 0.25) is 0 Å². The van der Waals surface area contributed by atoms with Gasteiger partial charge in [-0.2, -0.15) is 0 Å². The van der Waals surface area contributed by atoms with E-state index in [2.05, 4.69) is 13.0 Å². The highest BCUT2D eigenvalue weighted by atomic mass is 16.6. The molecule has 1 unspecified atom stereocenters. The molecule has 1 atom stereocenters. The molecule has 1 aromatic carbocycles. The van der Waals surface area contributed by atoms with Crippen LogP contribution in [0.5, 0.6) is 0 Å². The summed E-state index contributed by atoms with van der Waals surface area (Å²) in [5.74, 6) is -3.40. The molecule has 0 fully saturated rings. The zero-order valence-electron chi connectivity index (χ0n) is 37.0. The van der Waals surface area contributed by atoms with Gasteiger partial charge in [0.1, 0.15) is 6.10 Å². The van der Waals surface area contributed by atoms with Gasteiger partial charge < -0.3 is 33.5 Å². The van der Waals surface area contributed by atoms with Crippen LogP contribution in [-0.2, 0) is 57.2 Å². The highest BCUT2D eigenvalue weighted by molar-refractivity contribution is 5.96. The molecule has 0 amide bonds. The topological polar surface area (TPSA) is 212 Å². The number of benzene rings is 1. The number of ether oxygens (including phenoxy) is 6. The molecule has 0 spiro atoms. The first-order valence-electron chi connectivity index (χ1n) is 22.4. The second-order valence-corrected chi connectivity index (χ2v) is 15.0. The summed E-state index contributed by atoms with van der Waals surface area (Å²) in [6, 6.07) is 6.23. The lowest BCUT2D eigenvalue weighted by Crippen LogP contribution is -2.20. The molecule has 1 N–H and O–H groups in total. The van der Waals surface area contributed by atoms with Gasteiger partial charge in [-0.1, -0.05) is 50.5 Å². The van der Waals surface area contributed by atoms with Crippen LogP contribution in [0.15, 0.2) is 36.4 Å². The summed E-state index contributed by atoms with van der Waals surface area (Å²) >= 11 is 0. The summed E-state index contributed by atoms with van der Waals surface area (Å²) in [5.41, 5.74) is 0.868. The first-order chi connectivity index (χ1) is 29.9. The number of carboxylic acids is 1. The summed E-state index contributed by atoms with van der Waals surface area (Å²) in [5, 5.41) is 8.73. The molecule has 0 saturated heterocycles. The highest BCUT2D eigenvalue weighted by Gasteiger charge is 2.16. The molecule has 1 rings (SSSR count). The van der Waals surface area contributed by atoms with Gasteiger partial charge in [-0.05, 0) is 96.1 Å². The van der Waals surface area contributed by atoms with Crippen molar-refractivity contribution in [2.75, 3.05) is 33.0 Å². The monoisotopic (exact) mass is 874 g/mol. The van der Waals surface area contributed by atoms with Crippen LogP contribution in [0.1, 0.15) is 182 Å². The van der Waals surface area contributed by atoms with E-state index >= 15 is 0 Å². The van der Waals surface area contributed by atoms with E-state index in [0.717, 1.165) is 25.7 Å². The van der Waals surface area contributed by atoms with Crippen LogP contribution >= 0.6 is 0 Å². The standard InChI is InChI=1S/C47H70O15/c1-3-4-5-6-7-8-9-20-40(31-36-60-45(54)22-11-10-21-41(49)50)62-46(55)26-15-14-25-44(53)58-33-17-16-32-57-42(51)23-12-13-24-43(52)59-34-18-19-35-61-47(56)39-29-27-38(28-30-39)37(2)48/h8-9,27-30,40H,3-7,10-26,31-36H2,1-2H3,(H,49,50)/b9-8-. The van der Waals surface area contributed by atoms with Crippen molar-refractivity contribution in [2.24, 2.45) is 0 Å². The van der Waals surface area contributed by atoms with Crippen molar-refractivity contribution in [1.29, 1.82) is 0 Å². The van der Waals surface area contributed by atoms with Gasteiger partial charge in [-0.15, -0.1) is 0 Å². The van der Waals surface area contributed by atoms with Gasteiger partial charge in [0.15, 0.2) is 5.78 Å². The summed E-state index contributed by atoms with van der Waals surface area (Å²) in [7, 11) is 0. The number of allylic oxidation sites excluding steroid dienone is 1. The van der Waals surface area contributed by atoms with E-state index in [4.69, 9.17) is 33.5 Å². The van der Waals surface area contributed by atoms with E-state index in [9.17, 15) is 38.4 Å². The molecule has 0 heterocycles. The van der Waals surface area contributed by atoms with Gasteiger partial charge in [0.05, 0.1) is 38.6 Å². The number of carboxylic acid groups (broad SMARTS) is 1. The quantitative estimate of drug-likeness (QED) is 0.0216. The number of ketones is 1. The number of esters is 6. The third kappa shape index (κ3) is 31.7. The van der Waals surface area contributed by atoms with Gasteiger partial charge in [0.2, 0.25) is 0 Å². The molecule has 0 aliphatic rings. The number of unbranched alkanes of at least 4 members (excludes halogenated alkanes) is 9. The van der Waals surface area contributed by atoms with Crippen LogP contribution in [0, 0.1) is 0 Å². The van der Waals surface area contributed by atoms with E-state index in [1.54, 1.807) is 24.3 Å². The molecular formula is C47H70O15. The Labute approximate surface area is 366 Å². The normalized spacial score (nSPS) is 11.4. The summed E-state index contributed by atoms with van der Waals surface area (Å²) in [6.07, 6.45) is 15.5. The lowest BCUT2D eigenvalue weighted by molar-refractivity contribution is -0.152. The average molecular weight is 875 g/mol. The van der Waals surface area contributed by atoms with Crippen LogP contribution < -0.4 is 0 Å². The third-order valence-corrected chi connectivity index (χ3v) is 9.46. The zero-order valence-corrected chi connectivity index (χ0v) is 37.0. The summed E-state index contributed by atoms with van der Waals surface area (Å²) in [6.45, 7) is 4.44. The van der Waals surface area contributed by atoms with Gasteiger partial charge in [0, 0.05) is 56.9 Å². The average Bonchev–Trinajstić information content (AvgIpc) is 3.24. The SMILES string of the molecule is CCCCCC/C=C\CC(CCOC(=O)CCCCC(=O)O)OC(=O)CCCCC(=O)OCCCCOC(=O)CCCCC(=O)OCCCCOC(=O)c1ccc(C(C)=O)cc1. The van der Waals surface area contributed by atoms with Crippen molar-refractivity contribution in [3.05, 3.63) is 47.5 Å². The van der Waals surface area contributed by atoms with Crippen molar-refractivity contribution < 1.29 is 71.9 Å². The predicted molar refractivity (Wildman–Crippen MR) is 229 cm³/mol. The Bertz CT molecular complexity index is 1500. The number of hydrogen-bond acceptors (Lipinski definition) is 14. The fourth-order valence-corrected chi connectivity index (χ4v) is 5.80. The van der Waals surface area contributed by atoms with Crippen molar-refractivity contribution in [1.82, 2.24) is 0 Å². The van der Waals surface area contributed by atoms with Crippen LogP contribution in [0.3, 0.4) is 0 Å². The number of Topliss-reactive ketones (excluding diaryl/α,β-unsaturated/α-hetero) is 1. The minimum Gasteiger partial charge on any atom is -0.481 e. The lowest BCUT2D eigenvalue weighted by atomic mass is 10.1. The van der Waals surface area contributed by atoms with E-state index in [1.165, 1.54) is 13.3 Å². The van der Waals surface area contributed by atoms with Crippen molar-refractivity contribution in [3.8, 4) is 0 Å². The Morgan fingerprint density at radius 1 is 0.500 bits per heavy atom. The second-order valence-electron chi connectivity index (χ2n) is 15.0. The Balaban J connectivity index is 2.10. The first kappa shape index (κ1) is 54.9. The Kier molecular flexibility index (Phi) is 32.4. The largest absolute Gasteiger partial charge is 0.481 e. The summed E-state index contributed by atoms with van der Waals surface area (Å²) < 4.78 is 31.8. The van der Waals surface area contributed by atoms with E-state index in [1.807, 2.05) is 6.08 Å². The predicted octanol–water partition coefficient (Wildman–Crippen LogP) is 8.76. The number of rotatable bonds is 38. The molecule has 1 aromatic rings. The summed E-state index contributed by atoms with van der Waals surface area (Å²) in [4.78, 5) is 94.8. The molecule has 0 aromatic heterocycles. The molecular weight excluding hydrogens is 805 g/mol. The van der Waals surface area contributed by atoms with E-state index < -0.39 is 30.0 Å². The minimum absolute atomic E-state index is 0.00439. The Morgan fingerprint density at radius 2 is 0.935 bits per heavy atom. The molecule has 15 heteroatoms. The molecule has 62 heavy (non-hydrogen) atoms. The fourth-order valence-electron chi connectivity index (χ4n) is 5.80. The third-order valence-electron chi connectivity index (χ3n) is 9.46. The first-order valence-corrected chi connectivity index (χ1v) is 22.4. The van der Waals surface area contributed by atoms with E-state index in [0.29, 0.717) is 88.2 Å². The maximum absolute atomic E-state index is 12.6. The van der Waals surface area contributed by atoms with Crippen LogP contribution in [0.4, 0.5) is 0 Å². The Morgan fingerprint density at radius 3 is 1.40 bits per heavy atom. The number of aliphatic carboxylic acids is 1. The molecule has 0 aliphatic heterocycles. The Hall–Kier alpha value is -5.08. The molecule has 0 bridgehead atoms. The molecule has 0 radical (unpaired) electrons. The second kappa shape index (κ2) is 36.6. The van der Waals surface area contributed by atoms with Gasteiger partial charge in [-0.25, -0.2) is 4.79 Å². The van der Waals surface area contributed by atoms with Gasteiger partial charge >= 0.3 is 41.8 Å². The highest BCUT2D eigenvalue weighted by Crippen LogP contribution is 2.13.